The minimum absolute atomic E-state index is 0.102. The van der Waals surface area contributed by atoms with E-state index in [0.29, 0.717) is 23.7 Å². The monoisotopic (exact) mass is 505 g/mol. The number of aliphatic carboxylic acids is 1. The molecule has 3 heterocycles. The van der Waals surface area contributed by atoms with E-state index in [2.05, 4.69) is 20.9 Å². The van der Waals surface area contributed by atoms with Gasteiger partial charge in [0.2, 0.25) is 5.91 Å². The summed E-state index contributed by atoms with van der Waals surface area (Å²) in [6.45, 7) is 1.48. The second-order valence-corrected chi connectivity index (χ2v) is 8.87. The lowest BCUT2D eigenvalue weighted by atomic mass is 10.2. The Hall–Kier alpha value is -3.71. The summed E-state index contributed by atoms with van der Waals surface area (Å²) in [5.74, 6) is -1.77. The van der Waals surface area contributed by atoms with Gasteiger partial charge in [0, 0.05) is 19.3 Å². The lowest BCUT2D eigenvalue weighted by Gasteiger charge is -2.21. The average Bonchev–Trinajstić information content (AvgIpc) is 3.45. The fraction of sp³-hybridized carbons (Fsp3) is 0.409. The van der Waals surface area contributed by atoms with Crippen molar-refractivity contribution < 1.29 is 34.1 Å². The van der Waals surface area contributed by atoms with Gasteiger partial charge in [0.25, 0.3) is 5.91 Å². The Labute approximate surface area is 205 Å². The summed E-state index contributed by atoms with van der Waals surface area (Å²) in [7, 11) is 0. The molecule has 12 nitrogen and oxygen atoms in total. The summed E-state index contributed by atoms with van der Waals surface area (Å²) in [6.07, 6.45) is 0.423. The van der Waals surface area contributed by atoms with Crippen LogP contribution in [0.4, 0.5) is 10.6 Å². The molecule has 1 saturated heterocycles. The van der Waals surface area contributed by atoms with E-state index in [9.17, 15) is 29.4 Å². The molecule has 3 atom stereocenters. The molecular weight excluding hydrogens is 478 g/mol. The average molecular weight is 506 g/mol. The van der Waals surface area contributed by atoms with Crippen molar-refractivity contribution >= 4 is 41.0 Å². The van der Waals surface area contributed by atoms with Gasteiger partial charge in [-0.2, -0.15) is 0 Å². The largest absolute Gasteiger partial charge is 0.480 e. The maximum Gasteiger partial charge on any atom is 0.407 e. The minimum Gasteiger partial charge on any atom is -0.480 e. The molecule has 2 aromatic rings. The van der Waals surface area contributed by atoms with Gasteiger partial charge in [0.1, 0.15) is 18.5 Å². The lowest BCUT2D eigenvalue weighted by Crippen LogP contribution is -2.49. The SMILES string of the molecule is Cc1ccsc1C(=O)NC(CNC(=O)COC1CC(CNc2ccccn2)N(C(=O)O)C1)C(=O)O. The lowest BCUT2D eigenvalue weighted by molar-refractivity contribution is -0.139. The van der Waals surface area contributed by atoms with Crippen LogP contribution in [0.1, 0.15) is 21.7 Å². The normalized spacial score (nSPS) is 18.0. The summed E-state index contributed by atoms with van der Waals surface area (Å²) in [5.41, 5.74) is 0.731. The number of carboxylic acids is 1. The number of hydrogen-bond acceptors (Lipinski definition) is 8. The molecule has 0 bridgehead atoms. The molecule has 0 aromatic carbocycles. The van der Waals surface area contributed by atoms with E-state index in [4.69, 9.17) is 4.74 Å². The molecule has 3 rings (SSSR count). The van der Waals surface area contributed by atoms with Crippen LogP contribution in [-0.4, -0.2) is 88.4 Å². The van der Waals surface area contributed by atoms with E-state index in [-0.39, 0.29) is 25.7 Å². The van der Waals surface area contributed by atoms with Crippen molar-refractivity contribution in [3.05, 3.63) is 46.3 Å². The topological polar surface area (TPSA) is 170 Å². The van der Waals surface area contributed by atoms with Gasteiger partial charge in [-0.25, -0.2) is 14.6 Å². The zero-order chi connectivity index (χ0) is 25.4. The highest BCUT2D eigenvalue weighted by Gasteiger charge is 2.36. The van der Waals surface area contributed by atoms with Crippen LogP contribution in [0.25, 0.3) is 0 Å². The van der Waals surface area contributed by atoms with Crippen LogP contribution in [0.2, 0.25) is 0 Å². The molecule has 13 heteroatoms. The van der Waals surface area contributed by atoms with E-state index >= 15 is 0 Å². The number of pyridine rings is 1. The van der Waals surface area contributed by atoms with Gasteiger partial charge in [-0.05, 0) is 42.5 Å². The van der Waals surface area contributed by atoms with Crippen molar-refractivity contribution in [2.45, 2.75) is 31.5 Å². The number of aryl methyl sites for hydroxylation is 1. The van der Waals surface area contributed by atoms with Gasteiger partial charge in [0.15, 0.2) is 0 Å². The number of thiophene rings is 1. The Morgan fingerprint density at radius 3 is 2.69 bits per heavy atom. The van der Waals surface area contributed by atoms with Crippen LogP contribution < -0.4 is 16.0 Å². The molecular formula is C22H27N5O7S. The number of nitrogens with one attached hydrogen (secondary N) is 3. The Morgan fingerprint density at radius 2 is 2.06 bits per heavy atom. The number of nitrogens with zero attached hydrogens (tertiary/aromatic N) is 2. The van der Waals surface area contributed by atoms with E-state index in [1.807, 2.05) is 6.07 Å². The van der Waals surface area contributed by atoms with E-state index < -0.39 is 36.0 Å². The summed E-state index contributed by atoms with van der Waals surface area (Å²) in [5, 5.41) is 28.5. The Kier molecular flexibility index (Phi) is 8.98. The van der Waals surface area contributed by atoms with Crippen LogP contribution in [0.3, 0.4) is 0 Å². The van der Waals surface area contributed by atoms with Gasteiger partial charge in [-0.1, -0.05) is 6.07 Å². The number of carboxylic acid groups (broad SMARTS) is 2. The first-order chi connectivity index (χ1) is 16.7. The molecule has 0 aliphatic carbocycles. The number of ether oxygens (including phenoxy) is 1. The second kappa shape index (κ2) is 12.1. The third-order valence-corrected chi connectivity index (χ3v) is 6.45. The number of rotatable bonds is 11. The molecule has 1 fully saturated rings. The van der Waals surface area contributed by atoms with Crippen LogP contribution in [0.15, 0.2) is 35.8 Å². The van der Waals surface area contributed by atoms with E-state index in [0.717, 1.165) is 5.56 Å². The molecule has 1 aliphatic heterocycles. The first-order valence-corrected chi connectivity index (χ1v) is 11.7. The standard InChI is InChI=1S/C22H27N5O7S/c1-13-5-7-35-19(13)20(29)26-16(21(30)31)10-25-18(28)12-34-15-8-14(27(11-15)22(32)33)9-24-17-4-2-3-6-23-17/h2-7,14-16H,8-12H2,1H3,(H,23,24)(H,25,28)(H,26,29)(H,30,31)(H,32,33). The van der Waals surface area contributed by atoms with Crippen molar-refractivity contribution in [2.75, 3.05) is 31.6 Å². The van der Waals surface area contributed by atoms with Crippen LogP contribution in [0.5, 0.6) is 0 Å². The third-order valence-electron chi connectivity index (χ3n) is 5.43. The number of likely N-dealkylation sites (tertiary alicyclic amines) is 1. The van der Waals surface area contributed by atoms with Gasteiger partial charge in [-0.15, -0.1) is 11.3 Å². The number of carbonyl (C=O) groups excluding carboxylic acids is 2. The van der Waals surface area contributed by atoms with Crippen LogP contribution in [0, 0.1) is 6.92 Å². The Bertz CT molecular complexity index is 1050. The molecule has 0 spiro atoms. The zero-order valence-corrected chi connectivity index (χ0v) is 19.8. The van der Waals surface area contributed by atoms with E-state index in [1.54, 1.807) is 36.7 Å². The predicted octanol–water partition coefficient (Wildman–Crippen LogP) is 1.00. The van der Waals surface area contributed by atoms with Crippen molar-refractivity contribution in [2.24, 2.45) is 0 Å². The molecule has 35 heavy (non-hydrogen) atoms. The maximum absolute atomic E-state index is 12.3. The first-order valence-electron chi connectivity index (χ1n) is 10.8. The second-order valence-electron chi connectivity index (χ2n) is 7.95. The molecule has 188 valence electrons. The molecule has 1 aliphatic rings. The predicted molar refractivity (Wildman–Crippen MR) is 127 cm³/mol. The maximum atomic E-state index is 12.3. The van der Waals surface area contributed by atoms with Gasteiger partial charge >= 0.3 is 12.1 Å². The van der Waals surface area contributed by atoms with Crippen LogP contribution >= 0.6 is 11.3 Å². The molecule has 0 saturated carbocycles. The number of amides is 3. The number of carbonyl (C=O) groups is 4. The molecule has 3 amide bonds. The van der Waals surface area contributed by atoms with Gasteiger partial charge in [0.05, 0.1) is 23.6 Å². The molecule has 0 radical (unpaired) electrons. The Morgan fingerprint density at radius 1 is 1.26 bits per heavy atom. The smallest absolute Gasteiger partial charge is 0.407 e. The third kappa shape index (κ3) is 7.39. The Balaban J connectivity index is 1.44. The van der Waals surface area contributed by atoms with Crippen molar-refractivity contribution in [3.8, 4) is 0 Å². The molecule has 3 unspecified atom stereocenters. The molecule has 2 aromatic heterocycles. The van der Waals surface area contributed by atoms with Crippen molar-refractivity contribution in [3.63, 3.8) is 0 Å². The highest BCUT2D eigenvalue weighted by Crippen LogP contribution is 2.21. The quantitative estimate of drug-likeness (QED) is 0.299. The van der Waals surface area contributed by atoms with Gasteiger partial charge < -0.3 is 35.8 Å². The van der Waals surface area contributed by atoms with Crippen molar-refractivity contribution in [1.29, 1.82) is 0 Å². The zero-order valence-electron chi connectivity index (χ0n) is 19.0. The van der Waals surface area contributed by atoms with Gasteiger partial charge in [-0.3, -0.25) is 9.59 Å². The molecule has 5 N–H and O–H groups in total. The summed E-state index contributed by atoms with van der Waals surface area (Å²) >= 11 is 1.20. The fourth-order valence-corrected chi connectivity index (χ4v) is 4.43. The number of aromatic nitrogens is 1. The number of hydrogen-bond donors (Lipinski definition) is 5. The van der Waals surface area contributed by atoms with E-state index in [1.165, 1.54) is 16.2 Å². The van der Waals surface area contributed by atoms with Crippen molar-refractivity contribution in [1.82, 2.24) is 20.5 Å². The first kappa shape index (κ1) is 25.9. The summed E-state index contributed by atoms with van der Waals surface area (Å²) < 4.78 is 5.58. The van der Waals surface area contributed by atoms with Crippen LogP contribution in [-0.2, 0) is 14.3 Å². The minimum atomic E-state index is -1.32. The fourth-order valence-electron chi connectivity index (χ4n) is 3.60. The summed E-state index contributed by atoms with van der Waals surface area (Å²) in [6, 6.07) is 5.43. The highest BCUT2D eigenvalue weighted by atomic mass is 32.1. The number of anilines is 1. The highest BCUT2D eigenvalue weighted by molar-refractivity contribution is 7.12. The summed E-state index contributed by atoms with van der Waals surface area (Å²) in [4.78, 5) is 53.4.